The van der Waals surface area contributed by atoms with E-state index in [1.54, 1.807) is 23.3 Å². The standard InChI is InChI=1S/C23H24O2/c1-14(2)21(11-15-3-5-16(6-4-15)23(24)25)19-9-10-20-17-7-8-18(12-17)22(20)13-19/h3-6,9-10,13,17-18H,7-8,11-12H2,1-2H3,(H,24,25). The molecule has 0 heterocycles. The van der Waals surface area contributed by atoms with E-state index in [0.717, 1.165) is 23.8 Å². The van der Waals surface area contributed by atoms with Gasteiger partial charge in [0.15, 0.2) is 0 Å². The number of allylic oxidation sites excluding steroid dienone is 2. The number of benzene rings is 2. The molecule has 0 amide bonds. The maximum absolute atomic E-state index is 11.0. The van der Waals surface area contributed by atoms with Crippen LogP contribution in [-0.4, -0.2) is 11.1 Å². The molecule has 25 heavy (non-hydrogen) atoms. The van der Waals surface area contributed by atoms with E-state index in [4.69, 9.17) is 5.11 Å². The highest BCUT2D eigenvalue weighted by molar-refractivity contribution is 5.87. The summed E-state index contributed by atoms with van der Waals surface area (Å²) in [6.45, 7) is 4.33. The van der Waals surface area contributed by atoms with Crippen LogP contribution in [0.4, 0.5) is 0 Å². The maximum atomic E-state index is 11.0. The number of carbonyl (C=O) groups is 1. The van der Waals surface area contributed by atoms with Gasteiger partial charge in [-0.1, -0.05) is 35.9 Å². The zero-order valence-corrected chi connectivity index (χ0v) is 14.9. The van der Waals surface area contributed by atoms with Crippen LogP contribution in [0.25, 0.3) is 5.57 Å². The van der Waals surface area contributed by atoms with Crippen LogP contribution in [0.3, 0.4) is 0 Å². The van der Waals surface area contributed by atoms with Crippen molar-refractivity contribution < 1.29 is 9.90 Å². The second-order valence-electron chi connectivity index (χ2n) is 7.71. The molecule has 2 nitrogen and oxygen atoms in total. The first kappa shape index (κ1) is 16.1. The van der Waals surface area contributed by atoms with E-state index in [1.807, 2.05) is 12.1 Å². The van der Waals surface area contributed by atoms with Gasteiger partial charge in [-0.3, -0.25) is 0 Å². The third-order valence-corrected chi connectivity index (χ3v) is 5.93. The van der Waals surface area contributed by atoms with Crippen molar-refractivity contribution in [2.75, 3.05) is 0 Å². The van der Waals surface area contributed by atoms with E-state index < -0.39 is 5.97 Å². The smallest absolute Gasteiger partial charge is 0.335 e. The van der Waals surface area contributed by atoms with E-state index in [-0.39, 0.29) is 0 Å². The van der Waals surface area contributed by atoms with E-state index in [2.05, 4.69) is 32.0 Å². The minimum absolute atomic E-state index is 0.344. The van der Waals surface area contributed by atoms with Gasteiger partial charge in [0.2, 0.25) is 0 Å². The summed E-state index contributed by atoms with van der Waals surface area (Å²) in [4.78, 5) is 11.0. The number of hydrogen-bond acceptors (Lipinski definition) is 1. The van der Waals surface area contributed by atoms with Crippen molar-refractivity contribution in [3.05, 3.63) is 75.9 Å². The molecular formula is C23H24O2. The summed E-state index contributed by atoms with van der Waals surface area (Å²) in [5, 5.41) is 9.06. The summed E-state index contributed by atoms with van der Waals surface area (Å²) in [5.74, 6) is 0.698. The fourth-order valence-corrected chi connectivity index (χ4v) is 4.57. The molecule has 2 aromatic carbocycles. The summed E-state index contributed by atoms with van der Waals surface area (Å²) >= 11 is 0. The van der Waals surface area contributed by atoms with E-state index >= 15 is 0 Å². The van der Waals surface area contributed by atoms with Crippen LogP contribution in [-0.2, 0) is 6.42 Å². The van der Waals surface area contributed by atoms with E-state index in [9.17, 15) is 4.79 Å². The molecule has 2 unspecified atom stereocenters. The van der Waals surface area contributed by atoms with Crippen LogP contribution < -0.4 is 0 Å². The topological polar surface area (TPSA) is 37.3 Å². The average molecular weight is 332 g/mol. The molecule has 1 saturated carbocycles. The van der Waals surface area contributed by atoms with Crippen LogP contribution in [0, 0.1) is 0 Å². The fourth-order valence-electron chi connectivity index (χ4n) is 4.57. The molecule has 1 fully saturated rings. The number of hydrogen-bond donors (Lipinski definition) is 1. The summed E-state index contributed by atoms with van der Waals surface area (Å²) in [5.41, 5.74) is 8.67. The van der Waals surface area contributed by atoms with Crippen LogP contribution >= 0.6 is 0 Å². The zero-order valence-electron chi connectivity index (χ0n) is 14.9. The second kappa shape index (κ2) is 6.18. The Bertz CT molecular complexity index is 854. The molecule has 2 aliphatic rings. The molecule has 0 spiro atoms. The van der Waals surface area contributed by atoms with Crippen molar-refractivity contribution in [1.82, 2.24) is 0 Å². The highest BCUT2D eigenvalue weighted by atomic mass is 16.4. The fraction of sp³-hybridized carbons (Fsp3) is 0.348. The van der Waals surface area contributed by atoms with Gasteiger partial charge in [0.1, 0.15) is 0 Å². The maximum Gasteiger partial charge on any atom is 0.335 e. The Labute approximate surface area is 149 Å². The lowest BCUT2D eigenvalue weighted by molar-refractivity contribution is 0.0697. The first-order valence-corrected chi connectivity index (χ1v) is 9.15. The van der Waals surface area contributed by atoms with Crippen molar-refractivity contribution in [2.24, 2.45) is 0 Å². The summed E-state index contributed by atoms with van der Waals surface area (Å²) in [6.07, 6.45) is 4.90. The number of aromatic carboxylic acids is 1. The molecule has 0 saturated heterocycles. The van der Waals surface area contributed by atoms with E-state index in [1.165, 1.54) is 36.0 Å². The molecule has 1 N–H and O–H groups in total. The predicted octanol–water partition coefficient (Wildman–Crippen LogP) is 5.79. The minimum Gasteiger partial charge on any atom is -0.478 e. The van der Waals surface area contributed by atoms with Gasteiger partial charge in [0, 0.05) is 0 Å². The van der Waals surface area contributed by atoms with Crippen LogP contribution in [0.15, 0.2) is 48.0 Å². The van der Waals surface area contributed by atoms with Gasteiger partial charge in [-0.15, -0.1) is 0 Å². The Morgan fingerprint density at radius 3 is 2.24 bits per heavy atom. The van der Waals surface area contributed by atoms with Gasteiger partial charge in [-0.05, 0) is 91.3 Å². The summed E-state index contributed by atoms with van der Waals surface area (Å²) in [7, 11) is 0. The minimum atomic E-state index is -0.873. The number of fused-ring (bicyclic) bond motifs is 5. The third kappa shape index (κ3) is 2.90. The largest absolute Gasteiger partial charge is 0.478 e. The monoisotopic (exact) mass is 332 g/mol. The molecule has 2 aromatic rings. The lowest BCUT2D eigenvalue weighted by Crippen LogP contribution is -2.01. The van der Waals surface area contributed by atoms with Gasteiger partial charge in [0.05, 0.1) is 5.56 Å². The molecular weight excluding hydrogens is 308 g/mol. The lowest BCUT2D eigenvalue weighted by Gasteiger charge is -2.18. The average Bonchev–Trinajstić information content (AvgIpc) is 3.21. The zero-order chi connectivity index (χ0) is 17.6. The Balaban J connectivity index is 1.64. The molecule has 0 radical (unpaired) electrons. The SMILES string of the molecule is CC(C)=C(Cc1ccc(C(=O)O)cc1)c1ccc2c(c1)C1CCC2C1. The molecule has 2 bridgehead atoms. The second-order valence-corrected chi connectivity index (χ2v) is 7.71. The molecule has 2 aliphatic carbocycles. The van der Waals surface area contributed by atoms with Gasteiger partial charge in [0.25, 0.3) is 0 Å². The third-order valence-electron chi connectivity index (χ3n) is 5.93. The van der Waals surface area contributed by atoms with Crippen molar-refractivity contribution in [1.29, 1.82) is 0 Å². The van der Waals surface area contributed by atoms with Gasteiger partial charge < -0.3 is 5.11 Å². The van der Waals surface area contributed by atoms with Crippen molar-refractivity contribution in [3.8, 4) is 0 Å². The number of carboxylic acids is 1. The lowest BCUT2D eigenvalue weighted by atomic mass is 9.87. The number of rotatable bonds is 4. The normalized spacial score (nSPS) is 20.4. The van der Waals surface area contributed by atoms with Gasteiger partial charge in [-0.2, -0.15) is 0 Å². The summed E-state index contributed by atoms with van der Waals surface area (Å²) < 4.78 is 0. The van der Waals surface area contributed by atoms with Crippen LogP contribution in [0.1, 0.15) is 77.6 Å². The molecule has 4 rings (SSSR count). The van der Waals surface area contributed by atoms with Crippen molar-refractivity contribution >= 4 is 11.5 Å². The van der Waals surface area contributed by atoms with Crippen molar-refractivity contribution in [3.63, 3.8) is 0 Å². The van der Waals surface area contributed by atoms with Crippen LogP contribution in [0.2, 0.25) is 0 Å². The van der Waals surface area contributed by atoms with Gasteiger partial charge >= 0.3 is 5.97 Å². The van der Waals surface area contributed by atoms with Crippen LogP contribution in [0.5, 0.6) is 0 Å². The first-order valence-electron chi connectivity index (χ1n) is 9.15. The van der Waals surface area contributed by atoms with Gasteiger partial charge in [-0.25, -0.2) is 4.79 Å². The Kier molecular flexibility index (Phi) is 3.99. The quantitative estimate of drug-likeness (QED) is 0.770. The Hall–Kier alpha value is -2.35. The Morgan fingerprint density at radius 1 is 0.960 bits per heavy atom. The van der Waals surface area contributed by atoms with Crippen molar-refractivity contribution in [2.45, 2.75) is 51.4 Å². The Morgan fingerprint density at radius 2 is 1.60 bits per heavy atom. The highest BCUT2D eigenvalue weighted by Gasteiger charge is 2.36. The summed E-state index contributed by atoms with van der Waals surface area (Å²) in [6, 6.07) is 14.3. The molecule has 0 aromatic heterocycles. The molecule has 128 valence electrons. The highest BCUT2D eigenvalue weighted by Crippen LogP contribution is 2.53. The first-order chi connectivity index (χ1) is 12.0. The molecule has 2 atom stereocenters. The van der Waals surface area contributed by atoms with E-state index in [0.29, 0.717) is 5.56 Å². The molecule has 2 heteroatoms. The molecule has 0 aliphatic heterocycles. The number of carboxylic acid groups (broad SMARTS) is 1. The predicted molar refractivity (Wildman–Crippen MR) is 101 cm³/mol.